The van der Waals surface area contributed by atoms with Gasteiger partial charge in [-0.15, -0.1) is 0 Å². The van der Waals surface area contributed by atoms with Gasteiger partial charge in [0, 0.05) is 18.3 Å². The van der Waals surface area contributed by atoms with Crippen molar-refractivity contribution in [3.63, 3.8) is 0 Å². The Kier molecular flexibility index (Phi) is 2.68. The Bertz CT molecular complexity index is 297. The molecule has 2 heterocycles. The lowest BCUT2D eigenvalue weighted by molar-refractivity contribution is 0.0989. The summed E-state index contributed by atoms with van der Waals surface area (Å²) in [5.41, 5.74) is 2.26. The number of hydrogen-bond acceptors (Lipinski definition) is 3. The highest BCUT2D eigenvalue weighted by Crippen LogP contribution is 2.18. The summed E-state index contributed by atoms with van der Waals surface area (Å²) in [7, 11) is 0. The Labute approximate surface area is 84.7 Å². The molecule has 0 unspecified atom stereocenters. The smallest absolute Gasteiger partial charge is 0.0668 e. The molecular formula is C11H16N2O. The minimum absolute atomic E-state index is 0.452. The highest BCUT2D eigenvalue weighted by Gasteiger charge is 2.18. The van der Waals surface area contributed by atoms with Gasteiger partial charge in [0.15, 0.2) is 0 Å². The topological polar surface area (TPSA) is 25.4 Å². The van der Waals surface area contributed by atoms with E-state index in [1.807, 2.05) is 13.1 Å². The fourth-order valence-corrected chi connectivity index (χ4v) is 1.74. The first-order chi connectivity index (χ1) is 6.77. The van der Waals surface area contributed by atoms with Crippen molar-refractivity contribution in [3.8, 4) is 0 Å². The first-order valence-electron chi connectivity index (χ1n) is 5.04. The van der Waals surface area contributed by atoms with Gasteiger partial charge in [0.25, 0.3) is 0 Å². The molecule has 0 radical (unpaired) electrons. The summed E-state index contributed by atoms with van der Waals surface area (Å²) in [5.74, 6) is 0. The zero-order valence-electron chi connectivity index (χ0n) is 8.73. The molecule has 0 bridgehead atoms. The van der Waals surface area contributed by atoms with Crippen molar-refractivity contribution >= 4 is 5.69 Å². The summed E-state index contributed by atoms with van der Waals surface area (Å²) in [4.78, 5) is 6.65. The first-order valence-corrected chi connectivity index (χ1v) is 5.04. The third kappa shape index (κ3) is 1.87. The van der Waals surface area contributed by atoms with Crippen molar-refractivity contribution in [1.82, 2.24) is 4.98 Å². The average molecular weight is 192 g/mol. The first kappa shape index (κ1) is 9.46. The van der Waals surface area contributed by atoms with Crippen LogP contribution in [0.25, 0.3) is 0 Å². The van der Waals surface area contributed by atoms with Crippen LogP contribution in [0.15, 0.2) is 18.3 Å². The van der Waals surface area contributed by atoms with Crippen LogP contribution in [0.3, 0.4) is 0 Å². The van der Waals surface area contributed by atoms with Crippen LogP contribution in [0.4, 0.5) is 5.69 Å². The highest BCUT2D eigenvalue weighted by molar-refractivity contribution is 5.45. The third-order valence-electron chi connectivity index (χ3n) is 2.60. The van der Waals surface area contributed by atoms with Crippen LogP contribution >= 0.6 is 0 Å². The Balaban J connectivity index is 2.16. The molecule has 1 aliphatic rings. The number of ether oxygens (including phenoxy) is 1. The molecule has 1 aromatic rings. The second kappa shape index (κ2) is 3.96. The van der Waals surface area contributed by atoms with Gasteiger partial charge in [-0.3, -0.25) is 4.98 Å². The molecule has 0 amide bonds. The summed E-state index contributed by atoms with van der Waals surface area (Å²) in [6, 6.07) is 4.63. The zero-order chi connectivity index (χ0) is 9.97. The fraction of sp³-hybridized carbons (Fsp3) is 0.545. The molecule has 2 rings (SSSR count). The maximum absolute atomic E-state index is 5.40. The molecule has 3 nitrogen and oxygen atoms in total. The van der Waals surface area contributed by atoms with Crippen molar-refractivity contribution in [2.75, 3.05) is 24.7 Å². The normalized spacial score (nSPS) is 22.4. The van der Waals surface area contributed by atoms with E-state index >= 15 is 0 Å². The Morgan fingerprint density at radius 1 is 1.50 bits per heavy atom. The fourth-order valence-electron chi connectivity index (χ4n) is 1.74. The van der Waals surface area contributed by atoms with Gasteiger partial charge in [-0.1, -0.05) is 0 Å². The van der Waals surface area contributed by atoms with Crippen molar-refractivity contribution < 1.29 is 4.74 Å². The molecule has 14 heavy (non-hydrogen) atoms. The van der Waals surface area contributed by atoms with Crippen LogP contribution in [0.2, 0.25) is 0 Å². The standard InChI is InChI=1S/C11H16N2O/c1-9-3-4-11(7-12-9)13-5-6-14-8-10(13)2/h3-4,7,10H,5-6,8H2,1-2H3/t10-/m1/s1. The third-order valence-corrected chi connectivity index (χ3v) is 2.60. The molecule has 0 N–H and O–H groups in total. The van der Waals surface area contributed by atoms with E-state index in [4.69, 9.17) is 4.74 Å². The Morgan fingerprint density at radius 3 is 3.00 bits per heavy atom. The van der Waals surface area contributed by atoms with Crippen LogP contribution in [-0.4, -0.2) is 30.8 Å². The van der Waals surface area contributed by atoms with E-state index < -0.39 is 0 Å². The summed E-state index contributed by atoms with van der Waals surface area (Å²) < 4.78 is 5.40. The second-order valence-corrected chi connectivity index (χ2v) is 3.78. The van der Waals surface area contributed by atoms with Crippen LogP contribution in [0.1, 0.15) is 12.6 Å². The molecule has 0 aromatic carbocycles. The Hall–Kier alpha value is -1.09. The minimum Gasteiger partial charge on any atom is -0.377 e. The van der Waals surface area contributed by atoms with Crippen LogP contribution in [-0.2, 0) is 4.74 Å². The van der Waals surface area contributed by atoms with Gasteiger partial charge in [0.05, 0.1) is 25.1 Å². The van der Waals surface area contributed by atoms with Gasteiger partial charge < -0.3 is 9.64 Å². The van der Waals surface area contributed by atoms with Gasteiger partial charge in [0.1, 0.15) is 0 Å². The lowest BCUT2D eigenvalue weighted by Gasteiger charge is -2.34. The molecule has 1 fully saturated rings. The van der Waals surface area contributed by atoms with E-state index in [2.05, 4.69) is 28.9 Å². The number of rotatable bonds is 1. The highest BCUT2D eigenvalue weighted by atomic mass is 16.5. The van der Waals surface area contributed by atoms with Gasteiger partial charge in [-0.05, 0) is 26.0 Å². The van der Waals surface area contributed by atoms with E-state index in [1.165, 1.54) is 5.69 Å². The molecule has 1 atom stereocenters. The summed E-state index contributed by atoms with van der Waals surface area (Å²) >= 11 is 0. The molecule has 0 saturated carbocycles. The van der Waals surface area contributed by atoms with Gasteiger partial charge in [0.2, 0.25) is 0 Å². The number of morpholine rings is 1. The quantitative estimate of drug-likeness (QED) is 0.676. The Morgan fingerprint density at radius 2 is 2.36 bits per heavy atom. The minimum atomic E-state index is 0.452. The van der Waals surface area contributed by atoms with Gasteiger partial charge >= 0.3 is 0 Å². The van der Waals surface area contributed by atoms with Crippen molar-refractivity contribution in [2.45, 2.75) is 19.9 Å². The second-order valence-electron chi connectivity index (χ2n) is 3.78. The summed E-state index contributed by atoms with van der Waals surface area (Å²) in [5, 5.41) is 0. The lowest BCUT2D eigenvalue weighted by Crippen LogP contribution is -2.43. The van der Waals surface area contributed by atoms with Crippen LogP contribution in [0, 0.1) is 6.92 Å². The maximum atomic E-state index is 5.40. The number of aromatic nitrogens is 1. The predicted octanol–water partition coefficient (Wildman–Crippen LogP) is 1.62. The molecule has 1 saturated heterocycles. The van der Waals surface area contributed by atoms with E-state index in [1.54, 1.807) is 0 Å². The SMILES string of the molecule is Cc1ccc(N2CCOC[C@H]2C)cn1. The molecule has 0 spiro atoms. The molecule has 76 valence electrons. The lowest BCUT2D eigenvalue weighted by atomic mass is 10.2. The van der Waals surface area contributed by atoms with Gasteiger partial charge in [-0.2, -0.15) is 0 Å². The number of nitrogens with zero attached hydrogens (tertiary/aromatic N) is 2. The van der Waals surface area contributed by atoms with Crippen molar-refractivity contribution in [3.05, 3.63) is 24.0 Å². The molecular weight excluding hydrogens is 176 g/mol. The van der Waals surface area contributed by atoms with Crippen molar-refractivity contribution in [2.24, 2.45) is 0 Å². The molecule has 3 heteroatoms. The number of hydrogen-bond donors (Lipinski definition) is 0. The van der Waals surface area contributed by atoms with E-state index in [9.17, 15) is 0 Å². The molecule has 0 aliphatic carbocycles. The van der Waals surface area contributed by atoms with E-state index in [0.29, 0.717) is 6.04 Å². The van der Waals surface area contributed by atoms with E-state index in [-0.39, 0.29) is 0 Å². The molecule has 1 aromatic heterocycles. The van der Waals surface area contributed by atoms with Gasteiger partial charge in [-0.25, -0.2) is 0 Å². The maximum Gasteiger partial charge on any atom is 0.0668 e. The number of aryl methyl sites for hydroxylation is 1. The van der Waals surface area contributed by atoms with E-state index in [0.717, 1.165) is 25.5 Å². The number of pyridine rings is 1. The largest absolute Gasteiger partial charge is 0.377 e. The summed E-state index contributed by atoms with van der Waals surface area (Å²) in [6.07, 6.45) is 1.94. The zero-order valence-corrected chi connectivity index (χ0v) is 8.73. The average Bonchev–Trinajstić information content (AvgIpc) is 2.20. The van der Waals surface area contributed by atoms with Crippen molar-refractivity contribution in [1.29, 1.82) is 0 Å². The van der Waals surface area contributed by atoms with Crippen LogP contribution < -0.4 is 4.90 Å². The predicted molar refractivity (Wildman–Crippen MR) is 56.6 cm³/mol. The van der Waals surface area contributed by atoms with Crippen LogP contribution in [0.5, 0.6) is 0 Å². The monoisotopic (exact) mass is 192 g/mol. The summed E-state index contributed by atoms with van der Waals surface area (Å²) in [6.45, 7) is 6.78. The molecule has 1 aliphatic heterocycles. The number of anilines is 1.